The van der Waals surface area contributed by atoms with E-state index in [1.165, 1.54) is 7.11 Å². The van der Waals surface area contributed by atoms with E-state index in [0.29, 0.717) is 0 Å². The maximum absolute atomic E-state index is 8.14. The van der Waals surface area contributed by atoms with E-state index >= 15 is 0 Å². The summed E-state index contributed by atoms with van der Waals surface area (Å²) in [6, 6.07) is 0. The molecule has 0 aromatic carbocycles. The van der Waals surface area contributed by atoms with Gasteiger partial charge in [-0.3, -0.25) is 0 Å². The summed E-state index contributed by atoms with van der Waals surface area (Å²) < 4.78 is 4.31. The second-order valence-corrected chi connectivity index (χ2v) is 0.835. The number of hydrogen-bond acceptors (Lipinski definition) is 2. The van der Waals surface area contributed by atoms with Gasteiger partial charge in [-0.05, 0) is 6.92 Å². The number of rotatable bonds is 1. The molecule has 0 aliphatic heterocycles. The van der Waals surface area contributed by atoms with Crippen LogP contribution in [0, 0.1) is 0 Å². The van der Waals surface area contributed by atoms with Gasteiger partial charge in [-0.2, -0.15) is 0 Å². The van der Waals surface area contributed by atoms with E-state index in [-0.39, 0.29) is 37.7 Å². The van der Waals surface area contributed by atoms with E-state index in [0.717, 1.165) is 0 Å². The minimum absolute atomic E-state index is 0. The van der Waals surface area contributed by atoms with Crippen molar-refractivity contribution in [2.24, 2.45) is 0 Å². The van der Waals surface area contributed by atoms with Crippen molar-refractivity contribution in [3.8, 4) is 0 Å². The summed E-state index contributed by atoms with van der Waals surface area (Å²) in [4.78, 5) is 0. The fraction of sp³-hybridized carbons (Fsp3) is 1.00. The van der Waals surface area contributed by atoms with Crippen LogP contribution in [0.25, 0.3) is 0 Å². The molecule has 36 valence electrons. The Morgan fingerprint density at radius 1 is 1.67 bits per heavy atom. The molecule has 0 amide bonds. The van der Waals surface area contributed by atoms with E-state index in [4.69, 9.17) is 5.11 Å². The fourth-order valence-electron chi connectivity index (χ4n) is 0. The van der Waals surface area contributed by atoms with E-state index in [2.05, 4.69) is 4.74 Å². The Morgan fingerprint density at radius 3 is 1.83 bits per heavy atom. The molecule has 0 saturated carbocycles. The summed E-state index contributed by atoms with van der Waals surface area (Å²) in [5.74, 6) is 0. The van der Waals surface area contributed by atoms with Gasteiger partial charge in [-0.15, -0.1) is 0 Å². The Labute approximate surface area is 67.5 Å². The Balaban J connectivity index is 0. The van der Waals surface area contributed by atoms with Gasteiger partial charge in [0.2, 0.25) is 0 Å². The normalized spacial score (nSPS) is 12.5. The third-order valence-electron chi connectivity index (χ3n) is 0.341. The quantitative estimate of drug-likeness (QED) is 0.355. The molecule has 0 rings (SSSR count). The van der Waals surface area contributed by atoms with Gasteiger partial charge in [0.15, 0.2) is 6.29 Å². The van der Waals surface area contributed by atoms with E-state index in [1.54, 1.807) is 6.92 Å². The molecule has 0 fully saturated rings. The molecule has 0 bridgehead atoms. The predicted octanol–water partition coefficient (Wildman–Crippen LogP) is -0.945. The third kappa shape index (κ3) is 8.95. The first-order valence-corrected chi connectivity index (χ1v) is 1.48. The van der Waals surface area contributed by atoms with Gasteiger partial charge < -0.3 is 9.84 Å². The molecule has 1 unspecified atom stereocenters. The topological polar surface area (TPSA) is 29.5 Å². The number of ether oxygens (including phenoxy) is 1. The first-order valence-electron chi connectivity index (χ1n) is 1.48. The summed E-state index contributed by atoms with van der Waals surface area (Å²) in [5, 5.41) is 8.14. The van der Waals surface area contributed by atoms with Crippen molar-refractivity contribution in [3.63, 3.8) is 0 Å². The van der Waals surface area contributed by atoms with Gasteiger partial charge >= 0.3 is 37.7 Å². The van der Waals surface area contributed by atoms with Crippen LogP contribution >= 0.6 is 0 Å². The number of aliphatic hydroxyl groups is 1. The Kier molecular flexibility index (Phi) is 10.5. The van der Waals surface area contributed by atoms with Crippen LogP contribution < -0.4 is 0 Å². The van der Waals surface area contributed by atoms with Crippen LogP contribution in [-0.4, -0.2) is 56.2 Å². The zero-order chi connectivity index (χ0) is 4.28. The molecule has 1 atom stereocenters. The molecule has 1 N–H and O–H groups in total. The Morgan fingerprint density at radius 2 is 1.83 bits per heavy atom. The van der Waals surface area contributed by atoms with Crippen molar-refractivity contribution in [1.82, 2.24) is 0 Å². The zero-order valence-corrected chi connectivity index (χ0v) is 3.43. The summed E-state index contributed by atoms with van der Waals surface area (Å²) in [6.07, 6.45) is -0.616. The van der Waals surface area contributed by atoms with Gasteiger partial charge in [-0.25, -0.2) is 0 Å². The average Bonchev–Trinajstić information content (AvgIpc) is 1.38. The summed E-state index contributed by atoms with van der Waals surface area (Å²) in [5.41, 5.74) is 0. The monoisotopic (exact) mass is 118 g/mol. The molecular weight excluding hydrogens is 108 g/mol. The maximum atomic E-state index is 8.14. The summed E-state index contributed by atoms with van der Waals surface area (Å²) >= 11 is 0. The summed E-state index contributed by atoms with van der Waals surface area (Å²) in [6.45, 7) is 1.56. The molecule has 0 spiro atoms. The molecule has 6 heavy (non-hydrogen) atoms. The average molecular weight is 118 g/mol. The Hall–Kier alpha value is 1.18. The molecule has 0 radical (unpaired) electrons. The molecule has 0 aromatic heterocycles. The van der Waals surface area contributed by atoms with Gasteiger partial charge in [0.25, 0.3) is 0 Å². The van der Waals surface area contributed by atoms with Crippen molar-refractivity contribution in [3.05, 3.63) is 0 Å². The summed E-state index contributed by atoms with van der Waals surface area (Å²) in [7, 11) is 1.45. The second kappa shape index (κ2) is 6.18. The first kappa shape index (κ1) is 10.2. The van der Waals surface area contributed by atoms with Crippen LogP contribution in [0.5, 0.6) is 0 Å². The van der Waals surface area contributed by atoms with Crippen molar-refractivity contribution < 1.29 is 9.84 Å². The standard InChI is InChI=1S/C3H8O2.Ca.2H/c1-3(4)5-2;;;/h3-4H,1-2H3;;;. The number of hydrogen-bond donors (Lipinski definition) is 1. The van der Waals surface area contributed by atoms with E-state index < -0.39 is 6.29 Å². The SMILES string of the molecule is COC(C)O.[CaH2]. The van der Waals surface area contributed by atoms with Gasteiger partial charge in [-0.1, -0.05) is 0 Å². The van der Waals surface area contributed by atoms with Gasteiger partial charge in [0, 0.05) is 7.11 Å². The van der Waals surface area contributed by atoms with E-state index in [9.17, 15) is 0 Å². The first-order chi connectivity index (χ1) is 2.27. The predicted molar refractivity (Wildman–Crippen MR) is 27.2 cm³/mol. The van der Waals surface area contributed by atoms with Crippen molar-refractivity contribution >= 4 is 37.7 Å². The molecule has 3 heteroatoms. The Bertz CT molecular complexity index is 22.8. The van der Waals surface area contributed by atoms with E-state index in [1.807, 2.05) is 0 Å². The van der Waals surface area contributed by atoms with Crippen LogP contribution in [0.4, 0.5) is 0 Å². The third-order valence-corrected chi connectivity index (χ3v) is 0.341. The molecule has 2 nitrogen and oxygen atoms in total. The molecular formula is C3H10CaO2. The van der Waals surface area contributed by atoms with Crippen molar-refractivity contribution in [1.29, 1.82) is 0 Å². The molecule has 0 saturated heterocycles. The van der Waals surface area contributed by atoms with Crippen molar-refractivity contribution in [2.75, 3.05) is 7.11 Å². The van der Waals surface area contributed by atoms with Crippen LogP contribution in [-0.2, 0) is 4.74 Å². The number of methoxy groups -OCH3 is 1. The van der Waals surface area contributed by atoms with Crippen LogP contribution in [0.15, 0.2) is 0 Å². The molecule has 0 aliphatic rings. The fourth-order valence-corrected chi connectivity index (χ4v) is 0. The molecule has 0 heterocycles. The molecule has 0 aromatic rings. The van der Waals surface area contributed by atoms with Gasteiger partial charge in [0.1, 0.15) is 0 Å². The van der Waals surface area contributed by atoms with Gasteiger partial charge in [0.05, 0.1) is 0 Å². The number of aliphatic hydroxyl groups excluding tert-OH is 1. The molecule has 0 aliphatic carbocycles. The van der Waals surface area contributed by atoms with Crippen LogP contribution in [0.1, 0.15) is 6.92 Å². The van der Waals surface area contributed by atoms with Crippen molar-refractivity contribution in [2.45, 2.75) is 13.2 Å². The van der Waals surface area contributed by atoms with Crippen LogP contribution in [0.2, 0.25) is 0 Å². The minimum atomic E-state index is -0.616. The second-order valence-electron chi connectivity index (χ2n) is 0.835. The zero-order valence-electron chi connectivity index (χ0n) is 3.43. The van der Waals surface area contributed by atoms with Crippen LogP contribution in [0.3, 0.4) is 0 Å².